The van der Waals surface area contributed by atoms with Crippen molar-refractivity contribution in [3.8, 4) is 17.1 Å². The Balaban J connectivity index is 2.02. The number of ketones is 1. The SMILES string of the molecule is C=C/C(=C\C(=C)Br)CC(=O)C(C)NC(=O)c1nc(-c2ccc(OC(F)(F)F)cc2)no1. The Hall–Kier alpha value is -3.21. The monoisotopic (exact) mass is 499 g/mol. The van der Waals surface area contributed by atoms with Crippen LogP contribution in [0.15, 0.2) is 64.2 Å². The second-order valence-corrected chi connectivity index (χ2v) is 7.22. The first-order valence-electron chi connectivity index (χ1n) is 8.69. The van der Waals surface area contributed by atoms with Gasteiger partial charge in [0, 0.05) is 16.5 Å². The summed E-state index contributed by atoms with van der Waals surface area (Å²) in [6.07, 6.45) is -1.64. The van der Waals surface area contributed by atoms with E-state index in [-0.39, 0.29) is 18.0 Å². The molecule has 1 amide bonds. The number of amides is 1. The number of hydrogen-bond donors (Lipinski definition) is 1. The quantitative estimate of drug-likeness (QED) is 0.501. The van der Waals surface area contributed by atoms with Gasteiger partial charge < -0.3 is 14.6 Å². The van der Waals surface area contributed by atoms with Crippen molar-refractivity contribution in [1.82, 2.24) is 15.5 Å². The number of hydrogen-bond acceptors (Lipinski definition) is 6. The Kier molecular flexibility index (Phi) is 7.92. The summed E-state index contributed by atoms with van der Waals surface area (Å²) in [5.41, 5.74) is 0.920. The number of carbonyl (C=O) groups is 2. The van der Waals surface area contributed by atoms with Crippen molar-refractivity contribution in [3.63, 3.8) is 0 Å². The number of halogens is 4. The van der Waals surface area contributed by atoms with Gasteiger partial charge >= 0.3 is 18.2 Å². The molecule has 1 aromatic heterocycles. The lowest BCUT2D eigenvalue weighted by atomic mass is 10.0. The maximum absolute atomic E-state index is 12.3. The molecule has 0 fully saturated rings. The van der Waals surface area contributed by atoms with E-state index in [0.717, 1.165) is 12.1 Å². The van der Waals surface area contributed by atoms with Crippen molar-refractivity contribution in [2.24, 2.45) is 0 Å². The van der Waals surface area contributed by atoms with E-state index in [1.165, 1.54) is 25.1 Å². The highest BCUT2D eigenvalue weighted by atomic mass is 79.9. The molecule has 11 heteroatoms. The Labute approximate surface area is 183 Å². The van der Waals surface area contributed by atoms with Crippen LogP contribution in [0, 0.1) is 0 Å². The van der Waals surface area contributed by atoms with E-state index in [2.05, 4.69) is 49.3 Å². The zero-order chi connectivity index (χ0) is 23.2. The second-order valence-electron chi connectivity index (χ2n) is 6.20. The number of benzene rings is 1. The first kappa shape index (κ1) is 24.1. The normalized spacial score (nSPS) is 12.7. The van der Waals surface area contributed by atoms with Crippen LogP contribution < -0.4 is 10.1 Å². The molecule has 0 bridgehead atoms. The largest absolute Gasteiger partial charge is 0.573 e. The lowest BCUT2D eigenvalue weighted by Gasteiger charge is -2.11. The van der Waals surface area contributed by atoms with Gasteiger partial charge in [0.1, 0.15) is 5.75 Å². The highest BCUT2D eigenvalue weighted by Gasteiger charge is 2.31. The minimum Gasteiger partial charge on any atom is -0.406 e. The first-order chi connectivity index (χ1) is 14.5. The lowest BCUT2D eigenvalue weighted by molar-refractivity contribution is -0.274. The molecule has 0 aliphatic rings. The van der Waals surface area contributed by atoms with E-state index in [9.17, 15) is 22.8 Å². The first-order valence-corrected chi connectivity index (χ1v) is 9.48. The zero-order valence-corrected chi connectivity index (χ0v) is 17.8. The molecular weight excluding hydrogens is 483 g/mol. The van der Waals surface area contributed by atoms with Crippen LogP contribution >= 0.6 is 15.9 Å². The third-order valence-electron chi connectivity index (χ3n) is 3.78. The maximum Gasteiger partial charge on any atom is 0.573 e. The minimum atomic E-state index is -4.81. The molecule has 164 valence electrons. The van der Waals surface area contributed by atoms with Crippen molar-refractivity contribution >= 4 is 27.6 Å². The van der Waals surface area contributed by atoms with Crippen molar-refractivity contribution < 1.29 is 32.0 Å². The van der Waals surface area contributed by atoms with Crippen LogP contribution in [-0.4, -0.2) is 34.2 Å². The van der Waals surface area contributed by atoms with Crippen LogP contribution in [0.2, 0.25) is 0 Å². The summed E-state index contributed by atoms with van der Waals surface area (Å²) in [4.78, 5) is 28.5. The molecule has 0 saturated heterocycles. The van der Waals surface area contributed by atoms with Crippen LogP contribution in [0.1, 0.15) is 24.0 Å². The molecule has 1 N–H and O–H groups in total. The Morgan fingerprint density at radius 1 is 1.32 bits per heavy atom. The van der Waals surface area contributed by atoms with Gasteiger partial charge in [0.2, 0.25) is 5.82 Å². The number of nitrogens with zero attached hydrogens (tertiary/aromatic N) is 2. The summed E-state index contributed by atoms with van der Waals surface area (Å²) in [5.74, 6) is -1.89. The number of alkyl halides is 3. The van der Waals surface area contributed by atoms with E-state index < -0.39 is 30.0 Å². The Bertz CT molecular complexity index is 1010. The number of aromatic nitrogens is 2. The molecule has 0 aliphatic heterocycles. The summed E-state index contributed by atoms with van der Waals surface area (Å²) >= 11 is 3.17. The van der Waals surface area contributed by atoms with Crippen LogP contribution in [0.5, 0.6) is 5.75 Å². The predicted molar refractivity (Wildman–Crippen MR) is 109 cm³/mol. The number of nitrogens with one attached hydrogen (secondary N) is 1. The smallest absolute Gasteiger partial charge is 0.406 e. The summed E-state index contributed by atoms with van der Waals surface area (Å²) < 4.78 is 45.9. The fraction of sp³-hybridized carbons (Fsp3) is 0.200. The van der Waals surface area contributed by atoms with Gasteiger partial charge in [-0.1, -0.05) is 40.3 Å². The summed E-state index contributed by atoms with van der Waals surface area (Å²) in [7, 11) is 0. The predicted octanol–water partition coefficient (Wildman–Crippen LogP) is 4.73. The van der Waals surface area contributed by atoms with Crippen molar-refractivity contribution in [3.05, 3.63) is 65.5 Å². The Morgan fingerprint density at radius 2 is 1.97 bits per heavy atom. The molecule has 0 spiro atoms. The number of rotatable bonds is 9. The van der Waals surface area contributed by atoms with Gasteiger partial charge in [-0.3, -0.25) is 9.59 Å². The fourth-order valence-corrected chi connectivity index (χ4v) is 2.61. The van der Waals surface area contributed by atoms with Gasteiger partial charge in [0.25, 0.3) is 0 Å². The summed E-state index contributed by atoms with van der Waals surface area (Å²) in [5, 5.41) is 6.08. The minimum absolute atomic E-state index is 0.0181. The molecule has 1 aromatic carbocycles. The topological polar surface area (TPSA) is 94.3 Å². The van der Waals surface area contributed by atoms with Gasteiger partial charge in [-0.2, -0.15) is 4.98 Å². The molecule has 1 heterocycles. The molecule has 2 rings (SSSR count). The molecule has 31 heavy (non-hydrogen) atoms. The van der Waals surface area contributed by atoms with E-state index in [1.807, 2.05) is 0 Å². The average molecular weight is 500 g/mol. The van der Waals surface area contributed by atoms with Crippen LogP contribution in [0.25, 0.3) is 11.4 Å². The average Bonchev–Trinajstić information content (AvgIpc) is 3.16. The highest BCUT2D eigenvalue weighted by Crippen LogP contribution is 2.25. The third-order valence-corrected chi connectivity index (χ3v) is 4.01. The molecule has 0 aliphatic carbocycles. The number of allylic oxidation sites excluding steroid dienone is 4. The van der Waals surface area contributed by atoms with Gasteiger partial charge in [0.05, 0.1) is 6.04 Å². The van der Waals surface area contributed by atoms with Gasteiger partial charge in [-0.05, 0) is 42.8 Å². The van der Waals surface area contributed by atoms with Crippen LogP contribution in [0.4, 0.5) is 13.2 Å². The number of carbonyl (C=O) groups excluding carboxylic acids is 2. The van der Waals surface area contributed by atoms with Crippen molar-refractivity contribution in [2.45, 2.75) is 25.7 Å². The molecule has 1 atom stereocenters. The van der Waals surface area contributed by atoms with Gasteiger partial charge in [0.15, 0.2) is 5.78 Å². The van der Waals surface area contributed by atoms with Crippen LogP contribution in [0.3, 0.4) is 0 Å². The summed E-state index contributed by atoms with van der Waals surface area (Å²) in [6.45, 7) is 8.78. The highest BCUT2D eigenvalue weighted by molar-refractivity contribution is 9.11. The Morgan fingerprint density at radius 3 is 2.52 bits per heavy atom. The van der Waals surface area contributed by atoms with Gasteiger partial charge in [-0.25, -0.2) is 0 Å². The third kappa shape index (κ3) is 7.52. The molecular formula is C20H17BrF3N3O4. The zero-order valence-electron chi connectivity index (χ0n) is 16.2. The van der Waals surface area contributed by atoms with E-state index >= 15 is 0 Å². The van der Waals surface area contributed by atoms with E-state index in [4.69, 9.17) is 4.52 Å². The molecule has 2 aromatic rings. The summed E-state index contributed by atoms with van der Waals surface area (Å²) in [6, 6.07) is 3.85. The van der Waals surface area contributed by atoms with Crippen molar-refractivity contribution in [2.75, 3.05) is 0 Å². The lowest BCUT2D eigenvalue weighted by Crippen LogP contribution is -2.38. The molecule has 1 unspecified atom stereocenters. The van der Waals surface area contributed by atoms with E-state index in [1.54, 1.807) is 6.08 Å². The van der Waals surface area contributed by atoms with E-state index in [0.29, 0.717) is 15.6 Å². The van der Waals surface area contributed by atoms with Crippen molar-refractivity contribution in [1.29, 1.82) is 0 Å². The molecule has 0 radical (unpaired) electrons. The fourth-order valence-electron chi connectivity index (χ4n) is 2.32. The standard InChI is InChI=1S/C20H17BrF3N3O4/c1-4-13(9-11(2)21)10-16(28)12(3)25-18(29)19-26-17(27-31-19)14-5-7-15(8-6-14)30-20(22,23)24/h4-9,12H,1-2,10H2,3H3,(H,25,29)/b13-9+. The number of ether oxygens (including phenoxy) is 1. The second kappa shape index (κ2) is 10.2. The van der Waals surface area contributed by atoms with Gasteiger partial charge in [-0.15, -0.1) is 13.2 Å². The number of Topliss-reactive ketones (excluding diaryl/α,β-unsaturated/α-hetero) is 1. The molecule has 0 saturated carbocycles. The van der Waals surface area contributed by atoms with Crippen LogP contribution in [-0.2, 0) is 4.79 Å². The maximum atomic E-state index is 12.3. The molecule has 7 nitrogen and oxygen atoms in total.